The van der Waals surface area contributed by atoms with Crippen molar-refractivity contribution in [1.29, 1.82) is 0 Å². The van der Waals surface area contributed by atoms with Gasteiger partial charge in [0.15, 0.2) is 0 Å². The molecule has 1 N–H and O–H groups in total. The summed E-state index contributed by atoms with van der Waals surface area (Å²) in [5, 5.41) is 14.8. The van der Waals surface area contributed by atoms with Gasteiger partial charge in [-0.3, -0.25) is 9.20 Å². The van der Waals surface area contributed by atoms with E-state index in [4.69, 9.17) is 0 Å². The predicted molar refractivity (Wildman–Crippen MR) is 95.6 cm³/mol. The zero-order valence-corrected chi connectivity index (χ0v) is 13.8. The molecule has 0 aliphatic carbocycles. The van der Waals surface area contributed by atoms with Crippen molar-refractivity contribution in [3.05, 3.63) is 76.2 Å². The molecule has 0 bridgehead atoms. The van der Waals surface area contributed by atoms with Gasteiger partial charge in [0, 0.05) is 23.0 Å². The first kappa shape index (κ1) is 15.8. The summed E-state index contributed by atoms with van der Waals surface area (Å²) in [6.45, 7) is 1.78. The lowest BCUT2D eigenvalue weighted by molar-refractivity contribution is -0.254. The molecule has 0 saturated carbocycles. The van der Waals surface area contributed by atoms with Crippen molar-refractivity contribution in [2.45, 2.75) is 6.92 Å². The second-order valence-electron chi connectivity index (χ2n) is 5.83. The number of nitrogens with zero attached hydrogens (tertiary/aromatic N) is 3. The van der Waals surface area contributed by atoms with Gasteiger partial charge in [0.2, 0.25) is 5.78 Å². The number of aromatic carboxylic acids is 1. The van der Waals surface area contributed by atoms with Crippen molar-refractivity contribution < 1.29 is 9.90 Å². The number of aromatic nitrogens is 3. The van der Waals surface area contributed by atoms with Crippen LogP contribution < -0.4 is 16.0 Å². The van der Waals surface area contributed by atoms with Crippen LogP contribution in [0.1, 0.15) is 15.9 Å². The molecule has 128 valence electrons. The zero-order valence-electron chi connectivity index (χ0n) is 13.8. The van der Waals surface area contributed by atoms with Crippen LogP contribution in [0.2, 0.25) is 0 Å². The molecule has 7 heteroatoms. The lowest BCUT2D eigenvalue weighted by atomic mass is 10.1. The number of nitrogens with one attached hydrogen (secondary N) is 1. The number of carboxylic acids is 1. The minimum Gasteiger partial charge on any atom is -0.545 e. The minimum absolute atomic E-state index is 0.0254. The van der Waals surface area contributed by atoms with Gasteiger partial charge in [0.25, 0.3) is 5.56 Å². The van der Waals surface area contributed by atoms with Crippen LogP contribution in [0.15, 0.2) is 59.5 Å². The van der Waals surface area contributed by atoms with Gasteiger partial charge < -0.3 is 15.2 Å². The molecule has 2 heterocycles. The summed E-state index contributed by atoms with van der Waals surface area (Å²) < 4.78 is 1.38. The number of aryl methyl sites for hydroxylation is 1. The highest BCUT2D eigenvalue weighted by Crippen LogP contribution is 2.22. The third-order valence-corrected chi connectivity index (χ3v) is 4.10. The summed E-state index contributed by atoms with van der Waals surface area (Å²) in [5.41, 5.74) is 1.40. The van der Waals surface area contributed by atoms with Crippen LogP contribution >= 0.6 is 0 Å². The number of hydrogen-bond donors (Lipinski definition) is 1. The monoisotopic (exact) mass is 345 g/mol. The predicted octanol–water partition coefficient (Wildman–Crippen LogP) is 1.66. The summed E-state index contributed by atoms with van der Waals surface area (Å²) in [6, 6.07) is 13.4. The Balaban J connectivity index is 1.89. The molecule has 7 nitrogen and oxygen atoms in total. The molecule has 0 atom stereocenters. The van der Waals surface area contributed by atoms with Crippen LogP contribution in [0, 0.1) is 6.92 Å². The maximum Gasteiger partial charge on any atom is 0.266 e. The van der Waals surface area contributed by atoms with Crippen molar-refractivity contribution >= 4 is 34.2 Å². The Bertz CT molecular complexity index is 1230. The maximum absolute atomic E-state index is 12.6. The Morgan fingerprint density at radius 2 is 1.81 bits per heavy atom. The molecule has 0 unspecified atom stereocenters. The van der Waals surface area contributed by atoms with Gasteiger partial charge in [0.1, 0.15) is 5.82 Å². The molecule has 0 amide bonds. The van der Waals surface area contributed by atoms with Crippen LogP contribution in [-0.4, -0.2) is 20.3 Å². The van der Waals surface area contributed by atoms with E-state index in [1.165, 1.54) is 10.5 Å². The second kappa shape index (κ2) is 5.96. The van der Waals surface area contributed by atoms with Crippen LogP contribution in [0.3, 0.4) is 0 Å². The van der Waals surface area contributed by atoms with Gasteiger partial charge in [-0.05, 0) is 25.1 Å². The Labute approximate surface area is 147 Å². The average Bonchev–Trinajstić information content (AvgIpc) is 2.64. The van der Waals surface area contributed by atoms with Crippen molar-refractivity contribution in [3.8, 4) is 0 Å². The number of carbonyl (C=O) groups is 1. The second-order valence-corrected chi connectivity index (χ2v) is 5.83. The molecule has 0 radical (unpaired) electrons. The highest BCUT2D eigenvalue weighted by molar-refractivity contribution is 5.93. The number of hydrogen-bond acceptors (Lipinski definition) is 6. The fourth-order valence-electron chi connectivity index (χ4n) is 2.80. The Kier molecular flexibility index (Phi) is 3.62. The molecule has 0 spiro atoms. The van der Waals surface area contributed by atoms with Crippen LogP contribution in [0.4, 0.5) is 11.5 Å². The first-order valence-electron chi connectivity index (χ1n) is 7.91. The van der Waals surface area contributed by atoms with Gasteiger partial charge >= 0.3 is 0 Å². The molecule has 26 heavy (non-hydrogen) atoms. The lowest BCUT2D eigenvalue weighted by Gasteiger charge is -2.14. The molecule has 2 aromatic heterocycles. The number of benzene rings is 2. The molecular weight excluding hydrogens is 332 g/mol. The van der Waals surface area contributed by atoms with Crippen LogP contribution in [-0.2, 0) is 0 Å². The Hall–Kier alpha value is -3.74. The van der Waals surface area contributed by atoms with E-state index in [1.54, 1.807) is 55.6 Å². The van der Waals surface area contributed by atoms with E-state index in [0.29, 0.717) is 28.0 Å². The summed E-state index contributed by atoms with van der Waals surface area (Å²) >= 11 is 0. The van der Waals surface area contributed by atoms with Crippen molar-refractivity contribution in [2.24, 2.45) is 0 Å². The topological polar surface area (TPSA) is 99.4 Å². The molecule has 0 aliphatic heterocycles. The van der Waals surface area contributed by atoms with E-state index < -0.39 is 5.97 Å². The largest absolute Gasteiger partial charge is 0.545 e. The first-order valence-corrected chi connectivity index (χ1v) is 7.91. The first-order chi connectivity index (χ1) is 12.5. The summed E-state index contributed by atoms with van der Waals surface area (Å²) in [7, 11) is 0. The van der Waals surface area contributed by atoms with Gasteiger partial charge in [-0.25, -0.2) is 4.98 Å². The molecule has 0 aliphatic rings. The summed E-state index contributed by atoms with van der Waals surface area (Å²) in [6.07, 6.45) is 1.63. The standard InChI is InChI=1S/C19H14N4O3/c1-11-10-23-17(24)12-6-2-4-8-14(12)21-19(23)22-16(11)20-15-9-5-3-7-13(15)18(25)26/h2-10H,1H3,(H,25,26)(H,20,21,22)/p-1. The smallest absolute Gasteiger partial charge is 0.266 e. The number of rotatable bonds is 3. The Morgan fingerprint density at radius 1 is 1.08 bits per heavy atom. The van der Waals surface area contributed by atoms with Crippen molar-refractivity contribution in [3.63, 3.8) is 0 Å². The van der Waals surface area contributed by atoms with Crippen molar-refractivity contribution in [2.75, 3.05) is 5.32 Å². The number of carbonyl (C=O) groups excluding carboxylic acids is 1. The van der Waals surface area contributed by atoms with E-state index >= 15 is 0 Å². The molecule has 4 rings (SSSR count). The van der Waals surface area contributed by atoms with E-state index in [2.05, 4.69) is 15.3 Å². The molecular formula is C19H13N4O3-. The van der Waals surface area contributed by atoms with Gasteiger partial charge in [0.05, 0.1) is 16.9 Å². The quantitative estimate of drug-likeness (QED) is 0.567. The fourth-order valence-corrected chi connectivity index (χ4v) is 2.80. The summed E-state index contributed by atoms with van der Waals surface area (Å²) in [5.74, 6) is -0.638. The highest BCUT2D eigenvalue weighted by atomic mass is 16.4. The van der Waals surface area contributed by atoms with Crippen LogP contribution in [0.25, 0.3) is 16.7 Å². The third-order valence-electron chi connectivity index (χ3n) is 4.10. The number of carboxylic acid groups (broad SMARTS) is 1. The van der Waals surface area contributed by atoms with Gasteiger partial charge in [-0.15, -0.1) is 0 Å². The zero-order chi connectivity index (χ0) is 18.3. The maximum atomic E-state index is 12.6. The molecule has 0 fully saturated rings. The van der Waals surface area contributed by atoms with E-state index in [9.17, 15) is 14.7 Å². The van der Waals surface area contributed by atoms with Gasteiger partial charge in [-0.2, -0.15) is 4.98 Å². The van der Waals surface area contributed by atoms with Crippen LogP contribution in [0.5, 0.6) is 0 Å². The third kappa shape index (κ3) is 2.55. The number of para-hydroxylation sites is 2. The van der Waals surface area contributed by atoms with E-state index in [-0.39, 0.29) is 16.9 Å². The van der Waals surface area contributed by atoms with E-state index in [1.807, 2.05) is 0 Å². The Morgan fingerprint density at radius 3 is 2.62 bits per heavy atom. The average molecular weight is 345 g/mol. The lowest BCUT2D eigenvalue weighted by Crippen LogP contribution is -2.23. The number of anilines is 2. The number of fused-ring (bicyclic) bond motifs is 2. The van der Waals surface area contributed by atoms with E-state index in [0.717, 1.165) is 0 Å². The minimum atomic E-state index is -1.29. The molecule has 4 aromatic rings. The SMILES string of the molecule is Cc1cn2c(=O)c3ccccc3nc2nc1Nc1ccccc1C(=O)[O-]. The fraction of sp³-hybridized carbons (Fsp3) is 0.0526. The molecule has 0 saturated heterocycles. The van der Waals surface area contributed by atoms with Crippen molar-refractivity contribution in [1.82, 2.24) is 14.4 Å². The molecule has 2 aromatic carbocycles. The summed E-state index contributed by atoms with van der Waals surface area (Å²) in [4.78, 5) is 32.7. The normalized spacial score (nSPS) is 11.0. The van der Waals surface area contributed by atoms with Gasteiger partial charge in [-0.1, -0.05) is 30.3 Å². The highest BCUT2D eigenvalue weighted by Gasteiger charge is 2.11.